The first-order valence-corrected chi connectivity index (χ1v) is 6.61. The topological polar surface area (TPSA) is 65.2 Å². The van der Waals surface area contributed by atoms with Gasteiger partial charge in [0.2, 0.25) is 0 Å². The molecule has 0 saturated carbocycles. The van der Waals surface area contributed by atoms with Gasteiger partial charge in [0.15, 0.2) is 0 Å². The molecule has 0 unspecified atom stereocenters. The number of carbonyl (C=O) groups excluding carboxylic acids is 1. The van der Waals surface area contributed by atoms with E-state index in [9.17, 15) is 4.79 Å². The lowest BCUT2D eigenvalue weighted by atomic mass is 10.2. The molecule has 100 valence electrons. The van der Waals surface area contributed by atoms with Gasteiger partial charge in [0.1, 0.15) is 5.15 Å². The Morgan fingerprint density at radius 2 is 2.11 bits per heavy atom. The van der Waals surface area contributed by atoms with Gasteiger partial charge in [0.25, 0.3) is 0 Å². The quantitative estimate of drug-likeness (QED) is 0.468. The number of nitrogens with zero attached hydrogens (tertiary/aromatic N) is 1. The molecule has 0 saturated heterocycles. The largest absolute Gasteiger partial charge is 0.462 e. The zero-order valence-corrected chi connectivity index (χ0v) is 11.4. The fourth-order valence-electron chi connectivity index (χ4n) is 1.57. The number of esters is 1. The standard InChI is InChI=1S/C13H19ClN2O2/c1-2-3-4-5-6-7-18-13(17)10-8-12(14)16-9-11(10)15/h8-9H,2-7,15H2,1H3. The molecule has 0 amide bonds. The molecule has 1 rings (SSSR count). The summed E-state index contributed by atoms with van der Waals surface area (Å²) in [6, 6.07) is 1.43. The number of rotatable bonds is 7. The second kappa shape index (κ2) is 7.93. The number of carbonyl (C=O) groups is 1. The summed E-state index contributed by atoms with van der Waals surface area (Å²) in [6.45, 7) is 2.58. The lowest BCUT2D eigenvalue weighted by molar-refractivity contribution is 0.0499. The normalized spacial score (nSPS) is 10.3. The van der Waals surface area contributed by atoms with Crippen LogP contribution in [0.15, 0.2) is 12.3 Å². The minimum absolute atomic E-state index is 0.235. The maximum Gasteiger partial charge on any atom is 0.340 e. The van der Waals surface area contributed by atoms with E-state index in [4.69, 9.17) is 22.1 Å². The third kappa shape index (κ3) is 4.92. The van der Waals surface area contributed by atoms with Gasteiger partial charge in [-0.25, -0.2) is 9.78 Å². The average molecular weight is 271 g/mol. The molecule has 0 bridgehead atoms. The van der Waals surface area contributed by atoms with Crippen LogP contribution in [0, 0.1) is 0 Å². The van der Waals surface area contributed by atoms with Gasteiger partial charge in [-0.1, -0.05) is 44.2 Å². The van der Waals surface area contributed by atoms with E-state index in [1.807, 2.05) is 0 Å². The highest BCUT2D eigenvalue weighted by Gasteiger charge is 2.12. The first kappa shape index (κ1) is 14.8. The molecule has 2 N–H and O–H groups in total. The zero-order chi connectivity index (χ0) is 13.4. The van der Waals surface area contributed by atoms with Crippen LogP contribution in [-0.4, -0.2) is 17.6 Å². The number of hydrogen-bond acceptors (Lipinski definition) is 4. The summed E-state index contributed by atoms with van der Waals surface area (Å²) in [5.41, 5.74) is 6.21. The third-order valence-electron chi connectivity index (χ3n) is 2.60. The van der Waals surface area contributed by atoms with Gasteiger partial charge in [-0.3, -0.25) is 0 Å². The van der Waals surface area contributed by atoms with Gasteiger partial charge < -0.3 is 10.5 Å². The minimum atomic E-state index is -0.438. The first-order chi connectivity index (χ1) is 8.65. The summed E-state index contributed by atoms with van der Waals surface area (Å²) in [5, 5.41) is 0.235. The Morgan fingerprint density at radius 1 is 1.39 bits per heavy atom. The molecular weight excluding hydrogens is 252 g/mol. The summed E-state index contributed by atoms with van der Waals surface area (Å²) in [6.07, 6.45) is 6.92. The van der Waals surface area contributed by atoms with E-state index in [0.717, 1.165) is 12.8 Å². The second-order valence-electron chi connectivity index (χ2n) is 4.14. The van der Waals surface area contributed by atoms with Crippen molar-refractivity contribution in [1.82, 2.24) is 4.98 Å². The fourth-order valence-corrected chi connectivity index (χ4v) is 1.72. The van der Waals surface area contributed by atoms with Crippen LogP contribution >= 0.6 is 11.6 Å². The van der Waals surface area contributed by atoms with Crippen molar-refractivity contribution in [2.24, 2.45) is 0 Å². The van der Waals surface area contributed by atoms with E-state index in [1.165, 1.54) is 31.5 Å². The molecule has 0 spiro atoms. The van der Waals surface area contributed by atoms with Crippen LogP contribution in [0.25, 0.3) is 0 Å². The van der Waals surface area contributed by atoms with Crippen molar-refractivity contribution in [1.29, 1.82) is 0 Å². The maximum absolute atomic E-state index is 11.7. The van der Waals surface area contributed by atoms with Crippen molar-refractivity contribution in [3.63, 3.8) is 0 Å². The molecule has 4 nitrogen and oxygen atoms in total. The molecular formula is C13H19ClN2O2. The summed E-state index contributed by atoms with van der Waals surface area (Å²) < 4.78 is 5.14. The van der Waals surface area contributed by atoms with Gasteiger partial charge in [-0.15, -0.1) is 0 Å². The number of nitrogens with two attached hydrogens (primary N) is 1. The number of nitrogen functional groups attached to an aromatic ring is 1. The van der Waals surface area contributed by atoms with Crippen molar-refractivity contribution in [3.8, 4) is 0 Å². The van der Waals surface area contributed by atoms with Crippen LogP contribution in [0.5, 0.6) is 0 Å². The predicted molar refractivity (Wildman–Crippen MR) is 72.7 cm³/mol. The van der Waals surface area contributed by atoms with Crippen molar-refractivity contribution in [2.75, 3.05) is 12.3 Å². The average Bonchev–Trinajstić information content (AvgIpc) is 2.36. The number of hydrogen-bond donors (Lipinski definition) is 1. The molecule has 0 aliphatic rings. The van der Waals surface area contributed by atoms with Crippen LogP contribution < -0.4 is 5.73 Å². The number of anilines is 1. The SMILES string of the molecule is CCCCCCCOC(=O)c1cc(Cl)ncc1N. The van der Waals surface area contributed by atoms with E-state index in [1.54, 1.807) is 0 Å². The van der Waals surface area contributed by atoms with Gasteiger partial charge in [0, 0.05) is 0 Å². The molecule has 1 aromatic heterocycles. The Morgan fingerprint density at radius 3 is 2.83 bits per heavy atom. The van der Waals surface area contributed by atoms with Crippen LogP contribution in [0.4, 0.5) is 5.69 Å². The van der Waals surface area contributed by atoms with Gasteiger partial charge in [-0.2, -0.15) is 0 Å². The maximum atomic E-state index is 11.7. The molecule has 5 heteroatoms. The lowest BCUT2D eigenvalue weighted by Gasteiger charge is -2.06. The lowest BCUT2D eigenvalue weighted by Crippen LogP contribution is -2.09. The summed E-state index contributed by atoms with van der Waals surface area (Å²) in [5.74, 6) is -0.438. The minimum Gasteiger partial charge on any atom is -0.462 e. The predicted octanol–water partition coefficient (Wildman–Crippen LogP) is 3.44. The van der Waals surface area contributed by atoms with Crippen LogP contribution in [0.2, 0.25) is 5.15 Å². The van der Waals surface area contributed by atoms with E-state index < -0.39 is 5.97 Å². The Hall–Kier alpha value is -1.29. The molecule has 0 aliphatic heterocycles. The highest BCUT2D eigenvalue weighted by molar-refractivity contribution is 6.29. The number of ether oxygens (including phenoxy) is 1. The third-order valence-corrected chi connectivity index (χ3v) is 2.81. The Labute approximate surface area is 112 Å². The summed E-state index contributed by atoms with van der Waals surface area (Å²) in [4.78, 5) is 15.5. The monoisotopic (exact) mass is 270 g/mol. The van der Waals surface area contributed by atoms with Crippen molar-refractivity contribution in [3.05, 3.63) is 23.0 Å². The molecule has 0 fully saturated rings. The number of unbranched alkanes of at least 4 members (excludes halogenated alkanes) is 4. The van der Waals surface area contributed by atoms with E-state index >= 15 is 0 Å². The van der Waals surface area contributed by atoms with Crippen molar-refractivity contribution in [2.45, 2.75) is 39.0 Å². The first-order valence-electron chi connectivity index (χ1n) is 6.23. The number of pyridine rings is 1. The number of halogens is 1. The second-order valence-corrected chi connectivity index (χ2v) is 4.53. The van der Waals surface area contributed by atoms with Crippen molar-refractivity contribution >= 4 is 23.3 Å². The summed E-state index contributed by atoms with van der Waals surface area (Å²) in [7, 11) is 0. The van der Waals surface area contributed by atoms with Crippen molar-refractivity contribution < 1.29 is 9.53 Å². The Balaban J connectivity index is 2.34. The van der Waals surface area contributed by atoms with Gasteiger partial charge >= 0.3 is 5.97 Å². The molecule has 18 heavy (non-hydrogen) atoms. The van der Waals surface area contributed by atoms with E-state index in [2.05, 4.69) is 11.9 Å². The van der Waals surface area contributed by atoms with Gasteiger partial charge in [-0.05, 0) is 12.5 Å². The van der Waals surface area contributed by atoms with Crippen LogP contribution in [-0.2, 0) is 4.74 Å². The van der Waals surface area contributed by atoms with E-state index in [-0.39, 0.29) is 16.4 Å². The number of aromatic nitrogens is 1. The van der Waals surface area contributed by atoms with Gasteiger partial charge in [0.05, 0.1) is 24.1 Å². The highest BCUT2D eigenvalue weighted by atomic mass is 35.5. The van der Waals surface area contributed by atoms with Crippen LogP contribution in [0.3, 0.4) is 0 Å². The molecule has 0 atom stereocenters. The van der Waals surface area contributed by atoms with E-state index in [0.29, 0.717) is 6.61 Å². The molecule has 0 aromatic carbocycles. The Bertz CT molecular complexity index is 397. The fraction of sp³-hybridized carbons (Fsp3) is 0.538. The molecule has 0 aliphatic carbocycles. The highest BCUT2D eigenvalue weighted by Crippen LogP contribution is 2.16. The molecule has 0 radical (unpaired) electrons. The summed E-state index contributed by atoms with van der Waals surface area (Å²) >= 11 is 5.70. The smallest absolute Gasteiger partial charge is 0.340 e. The zero-order valence-electron chi connectivity index (χ0n) is 10.6. The van der Waals surface area contributed by atoms with Crippen LogP contribution in [0.1, 0.15) is 49.4 Å². The Kier molecular flexibility index (Phi) is 6.50. The molecule has 1 aromatic rings. The molecule has 1 heterocycles.